The van der Waals surface area contributed by atoms with E-state index < -0.39 is 12.0 Å². The van der Waals surface area contributed by atoms with Crippen molar-refractivity contribution in [2.45, 2.75) is 19.4 Å². The number of aliphatic imine (C=N–C) groups is 1. The SMILES string of the molecule is C/C=C\C(=C/C=C=NC[I-]C)CC(N)C(=O)O. The number of carboxylic acid groups (broad SMARTS) is 1. The van der Waals surface area contributed by atoms with Crippen molar-refractivity contribution in [3.05, 3.63) is 29.9 Å². The summed E-state index contributed by atoms with van der Waals surface area (Å²) in [5.41, 5.74) is 6.33. The van der Waals surface area contributed by atoms with Gasteiger partial charge in [0.25, 0.3) is 0 Å². The summed E-state index contributed by atoms with van der Waals surface area (Å²) in [5.74, 6) is 1.81. The number of nitrogens with two attached hydrogens (primary N) is 1. The Bertz CT molecular complexity index is 356. The number of alkyl halides is 2. The van der Waals surface area contributed by atoms with Crippen molar-refractivity contribution in [3.8, 4) is 0 Å². The van der Waals surface area contributed by atoms with Crippen LogP contribution >= 0.6 is 0 Å². The molecule has 4 nitrogen and oxygen atoms in total. The van der Waals surface area contributed by atoms with E-state index in [0.717, 1.165) is 10.1 Å². The summed E-state index contributed by atoms with van der Waals surface area (Å²) < 4.78 is 0.858. The van der Waals surface area contributed by atoms with E-state index in [0.29, 0.717) is 6.42 Å². The van der Waals surface area contributed by atoms with E-state index in [1.807, 2.05) is 19.1 Å². The van der Waals surface area contributed by atoms with Crippen LogP contribution in [0.5, 0.6) is 0 Å². The molecule has 0 aliphatic rings. The molecular formula is C12H18IN2O2-. The van der Waals surface area contributed by atoms with Gasteiger partial charge in [-0.25, -0.2) is 0 Å². The van der Waals surface area contributed by atoms with Crippen LogP contribution in [0.2, 0.25) is 0 Å². The molecule has 5 heteroatoms. The molecule has 0 aromatic rings. The van der Waals surface area contributed by atoms with Crippen LogP contribution in [0.25, 0.3) is 0 Å². The number of halogens is 1. The Labute approximate surface area is 112 Å². The van der Waals surface area contributed by atoms with Gasteiger partial charge in [-0.05, 0) is 0 Å². The Kier molecular flexibility index (Phi) is 9.71. The maximum absolute atomic E-state index is 10.6. The molecule has 0 aliphatic carbocycles. The molecule has 17 heavy (non-hydrogen) atoms. The monoisotopic (exact) mass is 349 g/mol. The van der Waals surface area contributed by atoms with Gasteiger partial charge >= 0.3 is 112 Å². The number of aliphatic carboxylic acids is 1. The molecule has 0 saturated carbocycles. The van der Waals surface area contributed by atoms with E-state index in [1.165, 1.54) is 0 Å². The second-order valence-corrected chi connectivity index (χ2v) is 5.44. The predicted molar refractivity (Wildman–Crippen MR) is 65.9 cm³/mol. The van der Waals surface area contributed by atoms with Crippen LogP contribution in [0.3, 0.4) is 0 Å². The number of carbonyl (C=O) groups is 1. The Morgan fingerprint density at radius 2 is 2.35 bits per heavy atom. The van der Waals surface area contributed by atoms with Crippen LogP contribution in [-0.2, 0) is 4.79 Å². The Hall–Kier alpha value is -0.910. The molecule has 96 valence electrons. The van der Waals surface area contributed by atoms with Gasteiger partial charge in [-0.3, -0.25) is 0 Å². The Morgan fingerprint density at radius 3 is 2.88 bits per heavy atom. The molecule has 0 fully saturated rings. The topological polar surface area (TPSA) is 75.7 Å². The summed E-state index contributed by atoms with van der Waals surface area (Å²) in [4.78, 5) is 16.9. The number of allylic oxidation sites excluding steroid dienone is 4. The summed E-state index contributed by atoms with van der Waals surface area (Å²) in [6.45, 7) is 1.87. The number of nitrogens with zero attached hydrogens (tertiary/aromatic N) is 1. The first-order valence-corrected chi connectivity index (χ1v) is 8.79. The van der Waals surface area contributed by atoms with Crippen LogP contribution in [-0.4, -0.2) is 32.5 Å². The maximum atomic E-state index is 10.6. The van der Waals surface area contributed by atoms with Gasteiger partial charge in [-0.1, -0.05) is 0 Å². The number of hydrogen-bond acceptors (Lipinski definition) is 3. The fourth-order valence-electron chi connectivity index (χ4n) is 1.04. The third-order valence-electron chi connectivity index (χ3n) is 1.80. The van der Waals surface area contributed by atoms with E-state index in [9.17, 15) is 4.79 Å². The molecular weight excluding hydrogens is 331 g/mol. The van der Waals surface area contributed by atoms with Gasteiger partial charge in [0.05, 0.1) is 0 Å². The van der Waals surface area contributed by atoms with E-state index >= 15 is 0 Å². The van der Waals surface area contributed by atoms with Gasteiger partial charge in [0, 0.05) is 0 Å². The van der Waals surface area contributed by atoms with Gasteiger partial charge < -0.3 is 0 Å². The average molecular weight is 349 g/mol. The van der Waals surface area contributed by atoms with Gasteiger partial charge in [0.2, 0.25) is 0 Å². The zero-order chi connectivity index (χ0) is 13.1. The summed E-state index contributed by atoms with van der Waals surface area (Å²) in [6, 6.07) is -0.871. The first kappa shape index (κ1) is 16.1. The van der Waals surface area contributed by atoms with Gasteiger partial charge in [-0.2, -0.15) is 0 Å². The van der Waals surface area contributed by atoms with E-state index in [2.05, 4.69) is 15.8 Å². The van der Waals surface area contributed by atoms with Crippen molar-refractivity contribution >= 4 is 11.8 Å². The van der Waals surface area contributed by atoms with Crippen molar-refractivity contribution in [1.29, 1.82) is 0 Å². The minimum atomic E-state index is -0.992. The number of rotatable bonds is 7. The van der Waals surface area contributed by atoms with Crippen LogP contribution < -0.4 is 26.9 Å². The number of hydrogen-bond donors (Lipinski definition) is 2. The standard InChI is InChI=1S/C12H18IN2O2/c1-3-5-10(8-11(14)12(16)17)6-4-7-15-9-13-2/h3-6,11H,8-9,14H2,1-2H3,(H,16,17)/q-1/b5-3-,10-6+. The second kappa shape index (κ2) is 10.3. The van der Waals surface area contributed by atoms with E-state index in [4.69, 9.17) is 10.8 Å². The van der Waals surface area contributed by atoms with Crippen molar-refractivity contribution in [1.82, 2.24) is 0 Å². The molecule has 0 aliphatic heterocycles. The summed E-state index contributed by atoms with van der Waals surface area (Å²) in [6.07, 6.45) is 7.48. The Morgan fingerprint density at radius 1 is 1.65 bits per heavy atom. The van der Waals surface area contributed by atoms with Crippen molar-refractivity contribution in [2.75, 3.05) is 9.48 Å². The summed E-state index contributed by atoms with van der Waals surface area (Å²) >= 11 is 0.162. The zero-order valence-electron chi connectivity index (χ0n) is 10.1. The van der Waals surface area contributed by atoms with E-state index in [-0.39, 0.29) is 21.2 Å². The number of carboxylic acids is 1. The van der Waals surface area contributed by atoms with Crippen LogP contribution in [0.1, 0.15) is 13.3 Å². The van der Waals surface area contributed by atoms with Crippen molar-refractivity contribution < 1.29 is 31.1 Å². The fraction of sp³-hybridized carbons (Fsp3) is 0.417. The quantitative estimate of drug-likeness (QED) is 0.187. The Balaban J connectivity index is 4.57. The molecule has 0 bridgehead atoms. The molecule has 0 heterocycles. The van der Waals surface area contributed by atoms with Crippen LogP contribution in [0, 0.1) is 0 Å². The average Bonchev–Trinajstić information content (AvgIpc) is 2.28. The van der Waals surface area contributed by atoms with Gasteiger partial charge in [0.15, 0.2) is 0 Å². The predicted octanol–water partition coefficient (Wildman–Crippen LogP) is -1.81. The molecule has 0 spiro atoms. The normalized spacial score (nSPS) is 13.5. The second-order valence-electron chi connectivity index (χ2n) is 3.23. The van der Waals surface area contributed by atoms with E-state index in [1.54, 1.807) is 12.2 Å². The first-order chi connectivity index (χ1) is 8.11. The van der Waals surface area contributed by atoms with Crippen molar-refractivity contribution in [2.24, 2.45) is 10.7 Å². The fourth-order valence-corrected chi connectivity index (χ4v) is 1.58. The molecule has 0 amide bonds. The molecule has 0 aromatic heterocycles. The molecule has 3 N–H and O–H groups in total. The minimum absolute atomic E-state index is 0.162. The summed E-state index contributed by atoms with van der Waals surface area (Å²) in [7, 11) is 0. The molecule has 0 radical (unpaired) electrons. The summed E-state index contributed by atoms with van der Waals surface area (Å²) in [5, 5.41) is 8.72. The van der Waals surface area contributed by atoms with Crippen LogP contribution in [0.4, 0.5) is 0 Å². The van der Waals surface area contributed by atoms with Gasteiger partial charge in [-0.15, -0.1) is 0 Å². The molecule has 0 aromatic carbocycles. The molecule has 1 unspecified atom stereocenters. The zero-order valence-corrected chi connectivity index (χ0v) is 12.2. The third-order valence-corrected chi connectivity index (χ3v) is 2.82. The molecule has 1 atom stereocenters. The molecule has 0 rings (SSSR count). The van der Waals surface area contributed by atoms with Crippen molar-refractivity contribution in [3.63, 3.8) is 0 Å². The van der Waals surface area contributed by atoms with Gasteiger partial charge in [0.1, 0.15) is 0 Å². The van der Waals surface area contributed by atoms with Crippen LogP contribution in [0.15, 0.2) is 34.9 Å². The third kappa shape index (κ3) is 8.85. The first-order valence-electron chi connectivity index (χ1n) is 5.11. The molecule has 0 saturated heterocycles.